The van der Waals surface area contributed by atoms with E-state index in [9.17, 15) is 9.59 Å². The Kier molecular flexibility index (Phi) is 4.76. The molecule has 2 N–H and O–H groups in total. The molecule has 1 aliphatic heterocycles. The third-order valence-corrected chi connectivity index (χ3v) is 5.79. The van der Waals surface area contributed by atoms with Crippen molar-refractivity contribution in [3.05, 3.63) is 55.6 Å². The van der Waals surface area contributed by atoms with Crippen LogP contribution in [-0.2, 0) is 20.6 Å². The summed E-state index contributed by atoms with van der Waals surface area (Å²) in [7, 11) is 3.14. The maximum Gasteiger partial charge on any atom is 0.293 e. The van der Waals surface area contributed by atoms with Crippen LogP contribution in [0, 0.1) is 0 Å². The second-order valence-corrected chi connectivity index (χ2v) is 7.70. The number of piperidine rings is 1. The molecule has 0 unspecified atom stereocenters. The van der Waals surface area contributed by atoms with Gasteiger partial charge in [-0.1, -0.05) is 29.8 Å². The highest BCUT2D eigenvalue weighted by atomic mass is 35.5. The number of hydrogen-bond acceptors (Lipinski definition) is 5. The molecule has 28 heavy (non-hydrogen) atoms. The molecule has 8 nitrogen and oxygen atoms in total. The van der Waals surface area contributed by atoms with Crippen molar-refractivity contribution in [1.82, 2.24) is 18.9 Å². The third kappa shape index (κ3) is 3.02. The molecule has 0 radical (unpaired) electrons. The molecular formula is C19H23ClN6O2. The summed E-state index contributed by atoms with van der Waals surface area (Å²) in [4.78, 5) is 32.5. The Labute approximate surface area is 166 Å². The van der Waals surface area contributed by atoms with Gasteiger partial charge in [-0.3, -0.25) is 9.59 Å². The third-order valence-electron chi connectivity index (χ3n) is 5.42. The molecule has 0 aliphatic carbocycles. The van der Waals surface area contributed by atoms with E-state index >= 15 is 0 Å². The van der Waals surface area contributed by atoms with E-state index in [1.165, 1.54) is 9.36 Å². The molecule has 1 aliphatic rings. The Hall–Kier alpha value is -2.58. The van der Waals surface area contributed by atoms with Gasteiger partial charge < -0.3 is 15.2 Å². The van der Waals surface area contributed by atoms with Gasteiger partial charge in [0.2, 0.25) is 5.95 Å². The molecule has 1 fully saturated rings. The van der Waals surface area contributed by atoms with E-state index in [1.54, 1.807) is 18.7 Å². The molecule has 148 valence electrons. The Morgan fingerprint density at radius 2 is 1.89 bits per heavy atom. The Balaban J connectivity index is 1.98. The number of imidazole rings is 1. The van der Waals surface area contributed by atoms with Crippen molar-refractivity contribution in [3.63, 3.8) is 0 Å². The van der Waals surface area contributed by atoms with E-state index in [2.05, 4.69) is 9.88 Å². The number of anilines is 1. The van der Waals surface area contributed by atoms with Crippen LogP contribution in [0.3, 0.4) is 0 Å². The largest absolute Gasteiger partial charge is 0.341 e. The van der Waals surface area contributed by atoms with Gasteiger partial charge in [0.1, 0.15) is 5.52 Å². The predicted octanol–water partition coefficient (Wildman–Crippen LogP) is 1.06. The number of aromatic nitrogens is 4. The number of nitrogens with two attached hydrogens (primary N) is 1. The van der Waals surface area contributed by atoms with Gasteiger partial charge in [-0.2, -0.15) is 0 Å². The van der Waals surface area contributed by atoms with Gasteiger partial charge in [0.05, 0.1) is 6.54 Å². The zero-order valence-corrected chi connectivity index (χ0v) is 16.7. The number of nitrogens with zero attached hydrogens (tertiary/aromatic N) is 5. The standard InChI is InChI=1S/C19H23ClN6O2/c1-23-17(27)15-16(18(28)24(23)2)26(10-12-6-3-4-8-14(12)20)19(22-15)25-9-5-7-13(21)11-25/h3-4,6,8,13H,5,7,9-11,21H2,1-2H3/t13-/m0/s1. The van der Waals surface area contributed by atoms with Gasteiger partial charge in [0.15, 0.2) is 5.52 Å². The van der Waals surface area contributed by atoms with E-state index in [0.717, 1.165) is 24.9 Å². The van der Waals surface area contributed by atoms with Gasteiger partial charge >= 0.3 is 0 Å². The Morgan fingerprint density at radius 3 is 2.61 bits per heavy atom. The Morgan fingerprint density at radius 1 is 1.18 bits per heavy atom. The van der Waals surface area contributed by atoms with Gasteiger partial charge in [-0.15, -0.1) is 0 Å². The zero-order chi connectivity index (χ0) is 20.0. The van der Waals surface area contributed by atoms with Gasteiger partial charge in [0, 0.05) is 38.2 Å². The van der Waals surface area contributed by atoms with Crippen LogP contribution in [0.15, 0.2) is 33.9 Å². The normalized spacial score (nSPS) is 17.4. The van der Waals surface area contributed by atoms with Crippen molar-refractivity contribution >= 4 is 28.6 Å². The molecule has 3 aromatic rings. The van der Waals surface area contributed by atoms with Crippen LogP contribution in [0.2, 0.25) is 5.02 Å². The summed E-state index contributed by atoms with van der Waals surface area (Å²) in [5, 5.41) is 0.603. The fourth-order valence-corrected chi connectivity index (χ4v) is 3.96. The molecule has 4 rings (SSSR count). The summed E-state index contributed by atoms with van der Waals surface area (Å²) in [5.41, 5.74) is 6.90. The lowest BCUT2D eigenvalue weighted by Crippen LogP contribution is -2.44. The molecule has 0 bridgehead atoms. The smallest absolute Gasteiger partial charge is 0.293 e. The van der Waals surface area contributed by atoms with E-state index < -0.39 is 0 Å². The molecule has 3 heterocycles. The Bertz CT molecular complexity index is 1160. The first kappa shape index (κ1) is 18.8. The SMILES string of the molecule is Cn1c(=O)c2nc(N3CCC[C@H](N)C3)n(Cc3ccccc3Cl)c2c(=O)n1C. The molecule has 0 amide bonds. The lowest BCUT2D eigenvalue weighted by molar-refractivity contribution is 0.495. The van der Waals surface area contributed by atoms with Crippen molar-refractivity contribution in [1.29, 1.82) is 0 Å². The highest BCUT2D eigenvalue weighted by Crippen LogP contribution is 2.25. The number of hydrogen-bond donors (Lipinski definition) is 1. The lowest BCUT2D eigenvalue weighted by Gasteiger charge is -2.32. The average Bonchev–Trinajstić information content (AvgIpc) is 3.06. The van der Waals surface area contributed by atoms with E-state index in [-0.39, 0.29) is 22.7 Å². The topological polar surface area (TPSA) is 91.1 Å². The van der Waals surface area contributed by atoms with E-state index in [0.29, 0.717) is 29.6 Å². The van der Waals surface area contributed by atoms with Crippen molar-refractivity contribution in [2.75, 3.05) is 18.0 Å². The molecule has 1 atom stereocenters. The summed E-state index contributed by atoms with van der Waals surface area (Å²) in [5.74, 6) is 0.588. The number of fused-ring (bicyclic) bond motifs is 1. The molecule has 2 aromatic heterocycles. The van der Waals surface area contributed by atoms with Crippen LogP contribution < -0.4 is 21.8 Å². The molecule has 0 spiro atoms. The molecule has 1 saturated heterocycles. The summed E-state index contributed by atoms with van der Waals surface area (Å²) in [6, 6.07) is 7.51. The monoisotopic (exact) mass is 402 g/mol. The first-order valence-electron chi connectivity index (χ1n) is 9.29. The van der Waals surface area contributed by atoms with Gasteiger partial charge in [-0.25, -0.2) is 14.3 Å². The fourth-order valence-electron chi connectivity index (χ4n) is 3.77. The quantitative estimate of drug-likeness (QED) is 0.707. The molecule has 1 aromatic carbocycles. The fraction of sp³-hybridized carbons (Fsp3) is 0.421. The summed E-state index contributed by atoms with van der Waals surface area (Å²) < 4.78 is 4.39. The first-order valence-corrected chi connectivity index (χ1v) is 9.66. The van der Waals surface area contributed by atoms with Crippen LogP contribution in [0.4, 0.5) is 5.95 Å². The molecule has 9 heteroatoms. The van der Waals surface area contributed by atoms with Crippen molar-refractivity contribution in [2.45, 2.75) is 25.4 Å². The minimum Gasteiger partial charge on any atom is -0.341 e. The molecular weight excluding hydrogens is 380 g/mol. The first-order chi connectivity index (χ1) is 13.4. The second kappa shape index (κ2) is 7.10. The number of rotatable bonds is 3. The highest BCUT2D eigenvalue weighted by Gasteiger charge is 2.26. The van der Waals surface area contributed by atoms with Crippen LogP contribution in [-0.4, -0.2) is 38.0 Å². The number of halogens is 1. The second-order valence-electron chi connectivity index (χ2n) is 7.29. The highest BCUT2D eigenvalue weighted by molar-refractivity contribution is 6.31. The van der Waals surface area contributed by atoms with Crippen LogP contribution in [0.1, 0.15) is 18.4 Å². The average molecular weight is 403 g/mol. The van der Waals surface area contributed by atoms with E-state index in [4.69, 9.17) is 17.3 Å². The summed E-state index contributed by atoms with van der Waals surface area (Å²) in [6.07, 6.45) is 1.89. The predicted molar refractivity (Wildman–Crippen MR) is 110 cm³/mol. The maximum atomic E-state index is 13.0. The minimum atomic E-state index is -0.308. The minimum absolute atomic E-state index is 0.0352. The van der Waals surface area contributed by atoms with Crippen molar-refractivity contribution < 1.29 is 0 Å². The lowest BCUT2D eigenvalue weighted by atomic mass is 10.1. The van der Waals surface area contributed by atoms with Crippen molar-refractivity contribution in [2.24, 2.45) is 19.8 Å². The maximum absolute atomic E-state index is 13.0. The zero-order valence-electron chi connectivity index (χ0n) is 15.9. The summed E-state index contributed by atoms with van der Waals surface area (Å²) >= 11 is 6.36. The molecule has 0 saturated carbocycles. The van der Waals surface area contributed by atoms with E-state index in [1.807, 2.05) is 24.3 Å². The van der Waals surface area contributed by atoms with Gasteiger partial charge in [-0.05, 0) is 24.5 Å². The van der Waals surface area contributed by atoms with Crippen molar-refractivity contribution in [3.8, 4) is 0 Å². The van der Waals surface area contributed by atoms with Crippen LogP contribution in [0.25, 0.3) is 11.0 Å². The number of benzene rings is 1. The van der Waals surface area contributed by atoms with Gasteiger partial charge in [0.25, 0.3) is 11.1 Å². The van der Waals surface area contributed by atoms with Crippen LogP contribution >= 0.6 is 11.6 Å². The van der Waals surface area contributed by atoms with Crippen LogP contribution in [0.5, 0.6) is 0 Å². The summed E-state index contributed by atoms with van der Waals surface area (Å²) in [6.45, 7) is 1.76.